The molecule has 0 saturated carbocycles. The molecule has 2 heterocycles. The van der Waals surface area contributed by atoms with Crippen molar-refractivity contribution in [3.05, 3.63) is 75.4 Å². The maximum atomic E-state index is 13.1. The lowest BCUT2D eigenvalue weighted by atomic mass is 10.0. The SMILES string of the molecule is CCc1cc(=O)oc2c3c(ccc12)OCN(Cc1ccc(F)cc1)C3. The highest BCUT2D eigenvalue weighted by molar-refractivity contribution is 5.85. The summed E-state index contributed by atoms with van der Waals surface area (Å²) in [6, 6.07) is 11.9. The summed E-state index contributed by atoms with van der Waals surface area (Å²) in [7, 11) is 0. The largest absolute Gasteiger partial charge is 0.478 e. The normalized spacial score (nSPS) is 14.3. The van der Waals surface area contributed by atoms with Crippen LogP contribution in [0.5, 0.6) is 5.75 Å². The van der Waals surface area contributed by atoms with E-state index >= 15 is 0 Å². The summed E-state index contributed by atoms with van der Waals surface area (Å²) < 4.78 is 24.4. The van der Waals surface area contributed by atoms with Gasteiger partial charge in [0.05, 0.1) is 5.56 Å². The van der Waals surface area contributed by atoms with Gasteiger partial charge in [-0.3, -0.25) is 4.90 Å². The summed E-state index contributed by atoms with van der Waals surface area (Å²) in [4.78, 5) is 14.0. The van der Waals surface area contributed by atoms with Gasteiger partial charge in [-0.25, -0.2) is 9.18 Å². The highest BCUT2D eigenvalue weighted by Gasteiger charge is 2.22. The van der Waals surface area contributed by atoms with Gasteiger partial charge in [0.15, 0.2) is 0 Å². The van der Waals surface area contributed by atoms with Gasteiger partial charge in [-0.1, -0.05) is 19.1 Å². The molecule has 128 valence electrons. The predicted octanol–water partition coefficient (Wildman–Crippen LogP) is 3.85. The number of hydrogen-bond donors (Lipinski definition) is 0. The van der Waals surface area contributed by atoms with Crippen molar-refractivity contribution >= 4 is 11.0 Å². The molecule has 0 radical (unpaired) electrons. The van der Waals surface area contributed by atoms with Crippen molar-refractivity contribution in [2.24, 2.45) is 0 Å². The van der Waals surface area contributed by atoms with Crippen LogP contribution in [0.15, 0.2) is 51.7 Å². The summed E-state index contributed by atoms with van der Waals surface area (Å²) in [5.41, 5.74) is 3.13. The molecule has 4 nitrogen and oxygen atoms in total. The number of aryl methyl sites for hydroxylation is 1. The van der Waals surface area contributed by atoms with Crippen LogP contribution in [-0.4, -0.2) is 11.6 Å². The molecule has 4 rings (SSSR count). The van der Waals surface area contributed by atoms with Gasteiger partial charge in [-0.05, 0) is 41.8 Å². The van der Waals surface area contributed by atoms with Gasteiger partial charge in [-0.15, -0.1) is 0 Å². The summed E-state index contributed by atoms with van der Waals surface area (Å²) in [5.74, 6) is 0.503. The van der Waals surface area contributed by atoms with Crippen molar-refractivity contribution in [3.8, 4) is 5.75 Å². The number of rotatable bonds is 3. The molecule has 5 heteroatoms. The summed E-state index contributed by atoms with van der Waals surface area (Å²) >= 11 is 0. The van der Waals surface area contributed by atoms with E-state index in [4.69, 9.17) is 9.15 Å². The molecule has 1 aliphatic heterocycles. The van der Waals surface area contributed by atoms with E-state index in [2.05, 4.69) is 4.90 Å². The van der Waals surface area contributed by atoms with Crippen molar-refractivity contribution in [2.75, 3.05) is 6.73 Å². The predicted molar refractivity (Wildman–Crippen MR) is 93.0 cm³/mol. The minimum atomic E-state index is -0.339. The van der Waals surface area contributed by atoms with E-state index in [9.17, 15) is 9.18 Å². The summed E-state index contributed by atoms with van der Waals surface area (Å²) in [6.07, 6.45) is 0.765. The third kappa shape index (κ3) is 3.03. The van der Waals surface area contributed by atoms with Crippen LogP contribution in [0.25, 0.3) is 11.0 Å². The van der Waals surface area contributed by atoms with Gasteiger partial charge in [-0.2, -0.15) is 0 Å². The zero-order valence-electron chi connectivity index (χ0n) is 13.9. The lowest BCUT2D eigenvalue weighted by Gasteiger charge is -2.29. The average Bonchev–Trinajstić information content (AvgIpc) is 2.63. The fourth-order valence-electron chi connectivity index (χ4n) is 3.29. The zero-order valence-corrected chi connectivity index (χ0v) is 13.9. The standard InChI is InChI=1S/C20H18FNO3/c1-2-14-9-19(23)25-20-16(14)7-8-18-17(20)11-22(12-24-18)10-13-3-5-15(21)6-4-13/h3-9H,2,10-12H2,1H3. The smallest absolute Gasteiger partial charge is 0.336 e. The molecule has 25 heavy (non-hydrogen) atoms. The van der Waals surface area contributed by atoms with Gasteiger partial charge in [0, 0.05) is 24.5 Å². The van der Waals surface area contributed by atoms with Crippen LogP contribution in [0.2, 0.25) is 0 Å². The molecule has 1 aliphatic rings. The lowest BCUT2D eigenvalue weighted by Crippen LogP contribution is -2.31. The number of halogens is 1. The first-order valence-corrected chi connectivity index (χ1v) is 8.32. The number of fused-ring (bicyclic) bond motifs is 3. The van der Waals surface area contributed by atoms with Crippen molar-refractivity contribution in [1.29, 1.82) is 0 Å². The molecule has 0 aliphatic carbocycles. The Morgan fingerprint density at radius 2 is 1.96 bits per heavy atom. The molecular formula is C20H18FNO3. The Hall–Kier alpha value is -2.66. The van der Waals surface area contributed by atoms with E-state index in [0.717, 1.165) is 34.2 Å². The molecule has 0 bridgehead atoms. The summed E-state index contributed by atoms with van der Waals surface area (Å²) in [6.45, 7) is 3.70. The molecule has 0 atom stereocenters. The van der Waals surface area contributed by atoms with Gasteiger partial charge in [0.25, 0.3) is 0 Å². The molecule has 1 aromatic heterocycles. The number of hydrogen-bond acceptors (Lipinski definition) is 4. The average molecular weight is 339 g/mol. The summed E-state index contributed by atoms with van der Waals surface area (Å²) in [5, 5.41) is 0.952. The molecule has 0 saturated heterocycles. The third-order valence-electron chi connectivity index (χ3n) is 4.54. The highest BCUT2D eigenvalue weighted by atomic mass is 19.1. The first-order valence-electron chi connectivity index (χ1n) is 8.32. The van der Waals surface area contributed by atoms with Crippen LogP contribution >= 0.6 is 0 Å². The van der Waals surface area contributed by atoms with Crippen molar-refractivity contribution in [1.82, 2.24) is 4.90 Å². The quantitative estimate of drug-likeness (QED) is 0.680. The topological polar surface area (TPSA) is 42.7 Å². The van der Waals surface area contributed by atoms with Crippen molar-refractivity contribution < 1.29 is 13.5 Å². The Balaban J connectivity index is 1.70. The zero-order chi connectivity index (χ0) is 17.4. The van der Waals surface area contributed by atoms with E-state index in [1.165, 1.54) is 12.1 Å². The number of benzene rings is 2. The van der Waals surface area contributed by atoms with Crippen LogP contribution in [0.4, 0.5) is 4.39 Å². The Labute approximate surface area is 144 Å². The van der Waals surface area contributed by atoms with E-state index in [0.29, 0.717) is 25.4 Å². The Morgan fingerprint density at radius 1 is 1.16 bits per heavy atom. The maximum Gasteiger partial charge on any atom is 0.336 e. The van der Waals surface area contributed by atoms with Gasteiger partial charge in [0.2, 0.25) is 0 Å². The van der Waals surface area contributed by atoms with Crippen molar-refractivity contribution in [2.45, 2.75) is 26.4 Å². The Morgan fingerprint density at radius 3 is 2.72 bits per heavy atom. The molecule has 0 spiro atoms. The number of nitrogens with zero attached hydrogens (tertiary/aromatic N) is 1. The first kappa shape index (κ1) is 15.8. The Bertz CT molecular complexity index is 979. The fourth-order valence-corrected chi connectivity index (χ4v) is 3.29. The van der Waals surface area contributed by atoms with E-state index in [1.807, 2.05) is 19.1 Å². The second kappa shape index (κ2) is 6.33. The van der Waals surface area contributed by atoms with Crippen molar-refractivity contribution in [3.63, 3.8) is 0 Å². The lowest BCUT2D eigenvalue weighted by molar-refractivity contribution is 0.0889. The second-order valence-corrected chi connectivity index (χ2v) is 6.25. The van der Waals surface area contributed by atoms with E-state index in [-0.39, 0.29) is 11.4 Å². The molecule has 0 N–H and O–H groups in total. The molecule has 2 aromatic carbocycles. The third-order valence-corrected chi connectivity index (χ3v) is 4.54. The minimum Gasteiger partial charge on any atom is -0.478 e. The molecule has 0 amide bonds. The van der Waals surface area contributed by atoms with E-state index < -0.39 is 0 Å². The monoisotopic (exact) mass is 339 g/mol. The van der Waals surface area contributed by atoms with E-state index in [1.54, 1.807) is 18.2 Å². The van der Waals surface area contributed by atoms with Crippen LogP contribution < -0.4 is 10.4 Å². The Kier molecular flexibility index (Phi) is 4.01. The molecule has 0 fully saturated rings. The van der Waals surface area contributed by atoms with Crippen LogP contribution in [0.3, 0.4) is 0 Å². The van der Waals surface area contributed by atoms with Crippen LogP contribution in [-0.2, 0) is 19.5 Å². The minimum absolute atomic E-state index is 0.246. The first-order chi connectivity index (χ1) is 12.1. The van der Waals surface area contributed by atoms with Gasteiger partial charge < -0.3 is 9.15 Å². The van der Waals surface area contributed by atoms with Crippen LogP contribution in [0.1, 0.15) is 23.6 Å². The number of ether oxygens (including phenoxy) is 1. The van der Waals surface area contributed by atoms with Crippen LogP contribution in [0, 0.1) is 5.82 Å². The highest BCUT2D eigenvalue weighted by Crippen LogP contribution is 2.33. The second-order valence-electron chi connectivity index (χ2n) is 6.25. The fraction of sp³-hybridized carbons (Fsp3) is 0.250. The van der Waals surface area contributed by atoms with Gasteiger partial charge in [0.1, 0.15) is 23.9 Å². The molecule has 0 unspecified atom stereocenters. The molecule has 3 aromatic rings. The maximum absolute atomic E-state index is 13.1. The van der Waals surface area contributed by atoms with Gasteiger partial charge >= 0.3 is 5.63 Å². The molecular weight excluding hydrogens is 321 g/mol.